The van der Waals surface area contributed by atoms with Crippen LogP contribution < -0.4 is 4.72 Å². The summed E-state index contributed by atoms with van der Waals surface area (Å²) in [7, 11) is -3.91. The number of carbonyl (C=O) groups is 1. The molecule has 1 N–H and O–H groups in total. The number of nitrogens with one attached hydrogen (secondary N) is 1. The number of anilines is 1. The largest absolute Gasteiger partial charge is 0.336 e. The lowest BCUT2D eigenvalue weighted by molar-refractivity contribution is 0.0628. The van der Waals surface area contributed by atoms with E-state index in [0.717, 1.165) is 19.6 Å². The highest BCUT2D eigenvalue weighted by molar-refractivity contribution is 7.92. The molecule has 0 saturated carbocycles. The van der Waals surface area contributed by atoms with Gasteiger partial charge in [0, 0.05) is 56.4 Å². The molecule has 1 aromatic heterocycles. The average molecular weight is 455 g/mol. The van der Waals surface area contributed by atoms with Crippen LogP contribution in [0.5, 0.6) is 0 Å². The molecule has 32 heavy (non-hydrogen) atoms. The van der Waals surface area contributed by atoms with Crippen LogP contribution in [0.15, 0.2) is 78.0 Å². The van der Waals surface area contributed by atoms with Gasteiger partial charge in [0.05, 0.1) is 4.90 Å². The van der Waals surface area contributed by atoms with Crippen molar-refractivity contribution in [3.63, 3.8) is 0 Å². The van der Waals surface area contributed by atoms with Crippen molar-refractivity contribution in [1.82, 2.24) is 14.8 Å². The van der Waals surface area contributed by atoms with Crippen LogP contribution in [0.1, 0.15) is 15.9 Å². The maximum absolute atomic E-state index is 13.1. The number of sulfonamides is 1. The quantitative estimate of drug-likeness (QED) is 0.619. The van der Waals surface area contributed by atoms with Gasteiger partial charge in [-0.1, -0.05) is 6.07 Å². The van der Waals surface area contributed by atoms with Crippen LogP contribution in [-0.2, 0) is 16.6 Å². The van der Waals surface area contributed by atoms with Crippen LogP contribution in [0.25, 0.3) is 0 Å². The fraction of sp³-hybridized carbons (Fsp3) is 0.217. The number of rotatable bonds is 6. The van der Waals surface area contributed by atoms with E-state index in [-0.39, 0.29) is 16.5 Å². The minimum Gasteiger partial charge on any atom is -0.336 e. The molecular weight excluding hydrogens is 431 g/mol. The summed E-state index contributed by atoms with van der Waals surface area (Å²) in [6.45, 7) is 3.40. The van der Waals surface area contributed by atoms with Crippen LogP contribution in [0.4, 0.5) is 10.1 Å². The Labute approximate surface area is 186 Å². The van der Waals surface area contributed by atoms with Crippen LogP contribution in [0, 0.1) is 5.82 Å². The molecule has 0 aliphatic carbocycles. The molecule has 1 aliphatic rings. The Morgan fingerprint density at radius 2 is 1.66 bits per heavy atom. The van der Waals surface area contributed by atoms with E-state index in [2.05, 4.69) is 14.6 Å². The average Bonchev–Trinajstić information content (AvgIpc) is 2.81. The third kappa shape index (κ3) is 5.30. The van der Waals surface area contributed by atoms with Gasteiger partial charge in [-0.25, -0.2) is 12.8 Å². The zero-order valence-electron chi connectivity index (χ0n) is 17.3. The van der Waals surface area contributed by atoms with E-state index in [1.165, 1.54) is 42.0 Å². The van der Waals surface area contributed by atoms with Crippen molar-refractivity contribution < 1.29 is 17.6 Å². The standard InChI is InChI=1S/C23H23FN4O3S/c24-20-4-6-21(7-5-20)26-32(30,31)22-3-1-2-19(16-22)23(29)28-14-12-27(13-15-28)17-18-8-10-25-11-9-18/h1-11,16,26H,12-15,17H2. The predicted molar refractivity (Wildman–Crippen MR) is 119 cm³/mol. The zero-order chi connectivity index (χ0) is 22.6. The van der Waals surface area contributed by atoms with Crippen molar-refractivity contribution in [2.75, 3.05) is 30.9 Å². The van der Waals surface area contributed by atoms with E-state index < -0.39 is 15.8 Å². The zero-order valence-corrected chi connectivity index (χ0v) is 18.1. The monoisotopic (exact) mass is 454 g/mol. The van der Waals surface area contributed by atoms with Crippen LogP contribution in [0.2, 0.25) is 0 Å². The lowest BCUT2D eigenvalue weighted by Gasteiger charge is -2.34. The number of halogens is 1. The van der Waals surface area contributed by atoms with E-state index in [4.69, 9.17) is 0 Å². The molecule has 1 fully saturated rings. The van der Waals surface area contributed by atoms with Gasteiger partial charge in [-0.2, -0.15) is 0 Å². The summed E-state index contributed by atoms with van der Waals surface area (Å²) in [5.41, 5.74) is 1.73. The number of hydrogen-bond donors (Lipinski definition) is 1. The first-order valence-electron chi connectivity index (χ1n) is 10.2. The molecule has 2 aromatic carbocycles. The molecular formula is C23H23FN4O3S. The summed E-state index contributed by atoms with van der Waals surface area (Å²) in [5.74, 6) is -0.659. The minimum absolute atomic E-state index is 0.0241. The van der Waals surface area contributed by atoms with Crippen molar-refractivity contribution in [2.24, 2.45) is 0 Å². The maximum atomic E-state index is 13.1. The van der Waals surface area contributed by atoms with Gasteiger partial charge in [0.25, 0.3) is 15.9 Å². The summed E-state index contributed by atoms with van der Waals surface area (Å²) >= 11 is 0. The number of aromatic nitrogens is 1. The van der Waals surface area contributed by atoms with Crippen molar-refractivity contribution in [2.45, 2.75) is 11.4 Å². The van der Waals surface area contributed by atoms with Gasteiger partial charge in [0.2, 0.25) is 0 Å². The number of piperazine rings is 1. The van der Waals surface area contributed by atoms with Gasteiger partial charge in [0.15, 0.2) is 0 Å². The fourth-order valence-electron chi connectivity index (χ4n) is 3.57. The van der Waals surface area contributed by atoms with Crippen LogP contribution >= 0.6 is 0 Å². The van der Waals surface area contributed by atoms with Crippen LogP contribution in [-0.4, -0.2) is 55.3 Å². The number of amides is 1. The molecule has 0 spiro atoms. The Hall–Kier alpha value is -3.30. The van der Waals surface area contributed by atoms with Crippen molar-refractivity contribution in [1.29, 1.82) is 0 Å². The van der Waals surface area contributed by atoms with E-state index in [9.17, 15) is 17.6 Å². The highest BCUT2D eigenvalue weighted by Gasteiger charge is 2.24. The van der Waals surface area contributed by atoms with E-state index in [1.54, 1.807) is 29.4 Å². The first kappa shape index (κ1) is 21.9. The number of pyridine rings is 1. The Kier molecular flexibility index (Phi) is 6.48. The third-order valence-electron chi connectivity index (χ3n) is 5.30. The summed E-state index contributed by atoms with van der Waals surface area (Å²) in [4.78, 5) is 21.0. The minimum atomic E-state index is -3.91. The second kappa shape index (κ2) is 9.46. The maximum Gasteiger partial charge on any atom is 0.261 e. The van der Waals surface area contributed by atoms with Gasteiger partial charge in [-0.3, -0.25) is 19.4 Å². The molecule has 0 bridgehead atoms. The number of hydrogen-bond acceptors (Lipinski definition) is 5. The van der Waals surface area contributed by atoms with Crippen molar-refractivity contribution >= 4 is 21.6 Å². The molecule has 9 heteroatoms. The second-order valence-electron chi connectivity index (χ2n) is 7.56. The van der Waals surface area contributed by atoms with Crippen LogP contribution in [0.3, 0.4) is 0 Å². The summed E-state index contributed by atoms with van der Waals surface area (Å²) < 4.78 is 40.9. The van der Waals surface area contributed by atoms with Crippen molar-refractivity contribution in [3.8, 4) is 0 Å². The normalized spacial score (nSPS) is 14.8. The first-order chi connectivity index (χ1) is 15.4. The van der Waals surface area contributed by atoms with Gasteiger partial charge in [-0.05, 0) is 60.2 Å². The molecule has 166 valence electrons. The molecule has 1 amide bonds. The highest BCUT2D eigenvalue weighted by Crippen LogP contribution is 2.19. The molecule has 0 radical (unpaired) electrons. The van der Waals surface area contributed by atoms with Crippen molar-refractivity contribution in [3.05, 3.63) is 90.0 Å². The Morgan fingerprint density at radius 1 is 0.969 bits per heavy atom. The topological polar surface area (TPSA) is 82.6 Å². The van der Waals surface area contributed by atoms with Gasteiger partial charge in [0.1, 0.15) is 5.82 Å². The molecule has 2 heterocycles. The lowest BCUT2D eigenvalue weighted by Crippen LogP contribution is -2.48. The molecule has 3 aromatic rings. The van der Waals surface area contributed by atoms with E-state index in [1.807, 2.05) is 12.1 Å². The number of nitrogens with zero attached hydrogens (tertiary/aromatic N) is 3. The second-order valence-corrected chi connectivity index (χ2v) is 9.25. The Balaban J connectivity index is 1.40. The summed E-state index contributed by atoms with van der Waals surface area (Å²) in [5, 5.41) is 0. The lowest BCUT2D eigenvalue weighted by atomic mass is 10.1. The van der Waals surface area contributed by atoms with Gasteiger partial charge < -0.3 is 4.90 Å². The molecule has 0 unspecified atom stereocenters. The molecule has 0 atom stereocenters. The SMILES string of the molecule is O=C(c1cccc(S(=O)(=O)Nc2ccc(F)cc2)c1)N1CCN(Cc2ccncc2)CC1. The van der Waals surface area contributed by atoms with Gasteiger partial charge in [-0.15, -0.1) is 0 Å². The summed E-state index contributed by atoms with van der Waals surface area (Å²) in [6, 6.07) is 14.9. The molecule has 4 rings (SSSR count). The molecule has 7 nitrogen and oxygen atoms in total. The van der Waals surface area contributed by atoms with Gasteiger partial charge >= 0.3 is 0 Å². The number of carbonyl (C=O) groups excluding carboxylic acids is 1. The molecule has 1 saturated heterocycles. The van der Waals surface area contributed by atoms with E-state index in [0.29, 0.717) is 18.7 Å². The van der Waals surface area contributed by atoms with E-state index >= 15 is 0 Å². The smallest absolute Gasteiger partial charge is 0.261 e. The Morgan fingerprint density at radius 3 is 2.34 bits per heavy atom. The molecule has 1 aliphatic heterocycles. The highest BCUT2D eigenvalue weighted by atomic mass is 32.2. The first-order valence-corrected chi connectivity index (χ1v) is 11.7. The summed E-state index contributed by atoms with van der Waals surface area (Å²) in [6.07, 6.45) is 3.53. The Bertz CT molecular complexity index is 1180. The predicted octanol–water partition coefficient (Wildman–Crippen LogP) is 2.98. The fourth-order valence-corrected chi connectivity index (χ4v) is 4.67. The number of benzene rings is 2. The third-order valence-corrected chi connectivity index (χ3v) is 6.68.